The Labute approximate surface area is 196 Å². The Balaban J connectivity index is 2.21. The summed E-state index contributed by atoms with van der Waals surface area (Å²) in [5.74, 6) is -2.23. The lowest BCUT2D eigenvalue weighted by atomic mass is 9.77. The molecule has 0 heterocycles. The Bertz CT molecular complexity index is 904. The highest BCUT2D eigenvalue weighted by molar-refractivity contribution is 6.30. The van der Waals surface area contributed by atoms with Gasteiger partial charge in [-0.25, -0.2) is 13.2 Å². The highest BCUT2D eigenvalue weighted by Crippen LogP contribution is 2.39. The van der Waals surface area contributed by atoms with E-state index in [1.807, 2.05) is 0 Å². The van der Waals surface area contributed by atoms with E-state index in [0.29, 0.717) is 23.6 Å². The summed E-state index contributed by atoms with van der Waals surface area (Å²) in [5, 5.41) is -0.247. The second-order valence-electron chi connectivity index (χ2n) is 8.56. The average Bonchev–Trinajstić information content (AvgIpc) is 2.71. The van der Waals surface area contributed by atoms with Crippen molar-refractivity contribution in [2.45, 2.75) is 70.9 Å². The molecule has 1 saturated carbocycles. The first-order chi connectivity index (χ1) is 15.4. The van der Waals surface area contributed by atoms with Crippen molar-refractivity contribution in [3.8, 4) is 0 Å². The van der Waals surface area contributed by atoms with Crippen LogP contribution in [0.4, 0.5) is 26.3 Å². The normalized spacial score (nSPS) is 20.8. The Kier molecular flexibility index (Phi) is 9.89. The predicted octanol–water partition coefficient (Wildman–Crippen LogP) is 9.93. The molecule has 0 N–H and O–H groups in total. The third-order valence-corrected chi connectivity index (χ3v) is 6.24. The van der Waals surface area contributed by atoms with E-state index in [1.54, 1.807) is 0 Å². The summed E-state index contributed by atoms with van der Waals surface area (Å²) < 4.78 is 81.5. The molecule has 182 valence electrons. The molecule has 0 nitrogen and oxygen atoms in total. The Morgan fingerprint density at radius 3 is 2.18 bits per heavy atom. The van der Waals surface area contributed by atoms with Crippen molar-refractivity contribution in [2.75, 3.05) is 0 Å². The van der Waals surface area contributed by atoms with E-state index in [1.165, 1.54) is 31.9 Å². The van der Waals surface area contributed by atoms with Crippen LogP contribution in [0.5, 0.6) is 0 Å². The lowest BCUT2D eigenvalue weighted by Gasteiger charge is -2.29. The van der Waals surface area contributed by atoms with Gasteiger partial charge < -0.3 is 0 Å². The molecule has 1 fully saturated rings. The Morgan fingerprint density at radius 2 is 1.70 bits per heavy atom. The number of unbranched alkanes of at least 4 members (excludes halogenated alkanes) is 1. The largest absolute Gasteiger partial charge is 0.409 e. The molecule has 0 radical (unpaired) electrons. The number of allylic oxidation sites excluding steroid dienone is 7. The molecule has 7 heteroatoms. The van der Waals surface area contributed by atoms with E-state index in [4.69, 9.17) is 11.6 Å². The third-order valence-electron chi connectivity index (χ3n) is 6.04. The van der Waals surface area contributed by atoms with Gasteiger partial charge in [0.1, 0.15) is 17.5 Å². The number of rotatable bonds is 8. The highest BCUT2D eigenvalue weighted by atomic mass is 35.5. The Morgan fingerprint density at radius 1 is 1.12 bits per heavy atom. The first kappa shape index (κ1) is 27.3. The maximum Gasteiger partial charge on any atom is 0.409 e. The van der Waals surface area contributed by atoms with Crippen molar-refractivity contribution in [3.05, 3.63) is 76.1 Å². The minimum Gasteiger partial charge on any atom is -0.206 e. The molecule has 0 amide bonds. The summed E-state index contributed by atoms with van der Waals surface area (Å²) in [5.41, 5.74) is -0.845. The van der Waals surface area contributed by atoms with Crippen molar-refractivity contribution in [1.29, 1.82) is 0 Å². The Hall–Kier alpha value is -1.95. The van der Waals surface area contributed by atoms with E-state index in [2.05, 4.69) is 13.5 Å². The lowest BCUT2D eigenvalue weighted by molar-refractivity contribution is -0.0798. The van der Waals surface area contributed by atoms with Crippen LogP contribution in [0.3, 0.4) is 0 Å². The van der Waals surface area contributed by atoms with E-state index in [0.717, 1.165) is 32.1 Å². The second-order valence-corrected chi connectivity index (χ2v) is 9.13. The first-order valence-corrected chi connectivity index (χ1v) is 11.5. The SMILES string of the molecule is C=C(\C=C(F)/C(/C=C/C(F)(F)F)=C(\C)Cl)c1c(F)cc(C2CCC(CCCC)CC2)cc1F. The first-order valence-electron chi connectivity index (χ1n) is 11.1. The van der Waals surface area contributed by atoms with Crippen LogP contribution in [0.2, 0.25) is 0 Å². The summed E-state index contributed by atoms with van der Waals surface area (Å²) in [6.07, 6.45) is 3.59. The maximum absolute atomic E-state index is 14.8. The summed E-state index contributed by atoms with van der Waals surface area (Å²) >= 11 is 5.71. The minimum atomic E-state index is -4.67. The fraction of sp³-hybridized carbons (Fsp3) is 0.462. The average molecular weight is 491 g/mol. The fourth-order valence-corrected chi connectivity index (χ4v) is 4.41. The van der Waals surface area contributed by atoms with Crippen molar-refractivity contribution in [3.63, 3.8) is 0 Å². The molecule has 1 aliphatic carbocycles. The predicted molar refractivity (Wildman–Crippen MR) is 123 cm³/mol. The smallest absolute Gasteiger partial charge is 0.206 e. The van der Waals surface area contributed by atoms with Crippen LogP contribution < -0.4 is 0 Å². The van der Waals surface area contributed by atoms with Crippen LogP contribution in [0, 0.1) is 17.6 Å². The molecule has 0 saturated heterocycles. The fourth-order valence-electron chi connectivity index (χ4n) is 4.25. The number of halogens is 7. The molecule has 0 aromatic heterocycles. The van der Waals surface area contributed by atoms with Gasteiger partial charge in [0.2, 0.25) is 0 Å². The number of alkyl halides is 3. The third kappa shape index (κ3) is 8.09. The topological polar surface area (TPSA) is 0 Å². The van der Waals surface area contributed by atoms with Gasteiger partial charge in [-0.2, -0.15) is 13.2 Å². The zero-order chi connectivity index (χ0) is 24.8. The summed E-state index contributed by atoms with van der Waals surface area (Å²) in [6.45, 7) is 6.87. The zero-order valence-corrected chi connectivity index (χ0v) is 19.6. The van der Waals surface area contributed by atoms with Crippen molar-refractivity contribution in [2.24, 2.45) is 5.92 Å². The van der Waals surface area contributed by atoms with Gasteiger partial charge in [-0.05, 0) is 79.9 Å². The number of hydrogen-bond donors (Lipinski definition) is 0. The van der Waals surface area contributed by atoms with Crippen molar-refractivity contribution < 1.29 is 26.3 Å². The summed E-state index contributed by atoms with van der Waals surface area (Å²) in [4.78, 5) is 0. The molecule has 2 rings (SSSR count). The summed E-state index contributed by atoms with van der Waals surface area (Å²) in [6, 6.07) is 2.50. The van der Waals surface area contributed by atoms with Crippen LogP contribution in [0.15, 0.2) is 53.4 Å². The molecule has 0 atom stereocenters. The molecule has 0 spiro atoms. The molecule has 33 heavy (non-hydrogen) atoms. The van der Waals surface area contributed by atoms with Gasteiger partial charge in [-0.1, -0.05) is 44.4 Å². The lowest BCUT2D eigenvalue weighted by Crippen LogP contribution is -2.14. The molecule has 1 aliphatic rings. The van der Waals surface area contributed by atoms with Gasteiger partial charge in [-0.15, -0.1) is 0 Å². The van der Waals surface area contributed by atoms with Gasteiger partial charge in [0.05, 0.1) is 5.56 Å². The van der Waals surface area contributed by atoms with Gasteiger partial charge >= 0.3 is 6.18 Å². The maximum atomic E-state index is 14.8. The van der Waals surface area contributed by atoms with Crippen LogP contribution in [0.1, 0.15) is 75.8 Å². The van der Waals surface area contributed by atoms with Crippen molar-refractivity contribution in [1.82, 2.24) is 0 Å². The van der Waals surface area contributed by atoms with Gasteiger partial charge in [0, 0.05) is 16.7 Å². The van der Waals surface area contributed by atoms with Crippen LogP contribution >= 0.6 is 11.6 Å². The molecular weight excluding hydrogens is 462 g/mol. The molecular formula is C26H29ClF6. The zero-order valence-electron chi connectivity index (χ0n) is 18.8. The number of benzene rings is 1. The minimum absolute atomic E-state index is 0.0578. The van der Waals surface area contributed by atoms with E-state index < -0.39 is 34.8 Å². The van der Waals surface area contributed by atoms with Crippen LogP contribution in [-0.4, -0.2) is 6.18 Å². The summed E-state index contributed by atoms with van der Waals surface area (Å²) in [7, 11) is 0. The van der Waals surface area contributed by atoms with Crippen LogP contribution in [0.25, 0.3) is 5.57 Å². The molecule has 0 aliphatic heterocycles. The van der Waals surface area contributed by atoms with E-state index in [9.17, 15) is 26.3 Å². The number of hydrogen-bond acceptors (Lipinski definition) is 0. The van der Waals surface area contributed by atoms with Crippen LogP contribution in [-0.2, 0) is 0 Å². The molecule has 0 bridgehead atoms. The molecule has 1 aromatic carbocycles. The van der Waals surface area contributed by atoms with E-state index >= 15 is 0 Å². The molecule has 0 unspecified atom stereocenters. The molecule has 1 aromatic rings. The monoisotopic (exact) mass is 490 g/mol. The van der Waals surface area contributed by atoms with Crippen molar-refractivity contribution >= 4 is 17.2 Å². The van der Waals surface area contributed by atoms with Gasteiger partial charge in [0.25, 0.3) is 0 Å². The quantitative estimate of drug-likeness (QED) is 0.251. The van der Waals surface area contributed by atoms with E-state index in [-0.39, 0.29) is 22.6 Å². The standard InChI is InChI=1S/C26H29ClF6/c1-4-5-6-18-7-9-19(10-8-18)20-14-23(29)25(24(30)15-20)16(2)13-22(28)21(17(3)27)11-12-26(31,32)33/h11-15,18-19H,2,4-10H2,1,3H3/b12-11+,21-17+,22-13+. The second kappa shape index (κ2) is 12.0. The highest BCUT2D eigenvalue weighted by Gasteiger charge is 2.25. The van der Waals surface area contributed by atoms with Gasteiger partial charge in [-0.3, -0.25) is 0 Å². The van der Waals surface area contributed by atoms with Gasteiger partial charge in [0.15, 0.2) is 0 Å².